The number of benzene rings is 1. The Bertz CT molecular complexity index is 543. The van der Waals surface area contributed by atoms with E-state index in [-0.39, 0.29) is 12.4 Å². The number of aliphatic hydroxyl groups excluding tert-OH is 1. The maximum atomic E-state index is 13.3. The molecule has 0 spiro atoms. The lowest BCUT2D eigenvalue weighted by Crippen LogP contribution is -2.28. The van der Waals surface area contributed by atoms with Gasteiger partial charge in [0.1, 0.15) is 12.4 Å². The summed E-state index contributed by atoms with van der Waals surface area (Å²) in [5.74, 6) is 4.93. The molecule has 1 N–H and O–H groups in total. The van der Waals surface area contributed by atoms with Crippen molar-refractivity contribution in [3.8, 4) is 17.9 Å². The van der Waals surface area contributed by atoms with Crippen LogP contribution in [-0.4, -0.2) is 43.4 Å². The summed E-state index contributed by atoms with van der Waals surface area (Å²) in [5, 5.41) is 17.5. The normalized spacial score (nSPS) is 10.0. The molecule has 0 unspecified atom stereocenters. The second-order valence-corrected chi connectivity index (χ2v) is 4.44. The molecule has 1 rings (SSSR count). The van der Waals surface area contributed by atoms with Crippen LogP contribution in [-0.2, 0) is 11.3 Å². The number of nitrogens with zero attached hydrogens (tertiary/aromatic N) is 2. The van der Waals surface area contributed by atoms with Gasteiger partial charge in [0.05, 0.1) is 12.7 Å². The second kappa shape index (κ2) is 9.90. The molecule has 0 heterocycles. The largest absolute Gasteiger partial charge is 0.384 e. The number of methoxy groups -OCH3 is 1. The molecular formula is C16H19FN2O2. The molecule has 1 aromatic carbocycles. The van der Waals surface area contributed by atoms with Gasteiger partial charge in [0.15, 0.2) is 0 Å². The van der Waals surface area contributed by atoms with Gasteiger partial charge < -0.3 is 9.84 Å². The Balaban J connectivity index is 2.88. The van der Waals surface area contributed by atoms with Gasteiger partial charge in [-0.3, -0.25) is 4.90 Å². The van der Waals surface area contributed by atoms with E-state index in [1.807, 2.05) is 0 Å². The van der Waals surface area contributed by atoms with Crippen LogP contribution in [0.1, 0.15) is 17.5 Å². The van der Waals surface area contributed by atoms with Crippen molar-refractivity contribution in [2.75, 3.05) is 33.4 Å². The zero-order valence-corrected chi connectivity index (χ0v) is 12.1. The highest BCUT2D eigenvalue weighted by Crippen LogP contribution is 2.13. The van der Waals surface area contributed by atoms with Crippen LogP contribution in [0.15, 0.2) is 18.2 Å². The van der Waals surface area contributed by atoms with Gasteiger partial charge in [-0.1, -0.05) is 17.9 Å². The smallest absolute Gasteiger partial charge is 0.124 e. The van der Waals surface area contributed by atoms with Crippen LogP contribution in [0.2, 0.25) is 0 Å². The summed E-state index contributed by atoms with van der Waals surface area (Å²) in [6.07, 6.45) is 0.419. The third-order valence-electron chi connectivity index (χ3n) is 2.92. The number of aliphatic hydroxyl groups is 1. The van der Waals surface area contributed by atoms with E-state index in [0.717, 1.165) is 5.56 Å². The van der Waals surface area contributed by atoms with Crippen LogP contribution in [0, 0.1) is 29.0 Å². The van der Waals surface area contributed by atoms with Gasteiger partial charge >= 0.3 is 0 Å². The summed E-state index contributed by atoms with van der Waals surface area (Å²) in [6, 6.07) is 6.54. The third kappa shape index (κ3) is 6.37. The highest BCUT2D eigenvalue weighted by atomic mass is 19.1. The lowest BCUT2D eigenvalue weighted by atomic mass is 10.1. The minimum absolute atomic E-state index is 0.266. The molecule has 0 bridgehead atoms. The van der Waals surface area contributed by atoms with Gasteiger partial charge in [0, 0.05) is 38.7 Å². The molecule has 0 aliphatic heterocycles. The van der Waals surface area contributed by atoms with Gasteiger partial charge in [0.2, 0.25) is 0 Å². The molecule has 21 heavy (non-hydrogen) atoms. The van der Waals surface area contributed by atoms with E-state index < -0.39 is 0 Å². The van der Waals surface area contributed by atoms with Crippen molar-refractivity contribution in [1.82, 2.24) is 4.90 Å². The molecule has 0 amide bonds. The molecule has 0 saturated carbocycles. The van der Waals surface area contributed by atoms with Crippen molar-refractivity contribution >= 4 is 0 Å². The zero-order valence-electron chi connectivity index (χ0n) is 12.1. The Morgan fingerprint density at radius 1 is 1.38 bits per heavy atom. The summed E-state index contributed by atoms with van der Waals surface area (Å²) in [5.41, 5.74) is 1.43. The van der Waals surface area contributed by atoms with E-state index in [1.165, 1.54) is 12.1 Å². The fraction of sp³-hybridized carbons (Fsp3) is 0.438. The first-order valence-corrected chi connectivity index (χ1v) is 6.67. The number of ether oxygens (including phenoxy) is 1. The molecule has 1 aromatic rings. The minimum atomic E-state index is -0.360. The van der Waals surface area contributed by atoms with Crippen LogP contribution in [0.5, 0.6) is 0 Å². The molecule has 0 aromatic heterocycles. The standard InChI is InChI=1S/C16H19FN2O2/c1-21-11-9-19(8-3-7-18)13-15-5-6-16(17)12-14(15)4-2-10-20/h5-6,12,20H,3,8-11,13H2,1H3. The van der Waals surface area contributed by atoms with Crippen molar-refractivity contribution in [2.24, 2.45) is 0 Å². The Labute approximate surface area is 124 Å². The van der Waals surface area contributed by atoms with Crippen molar-refractivity contribution < 1.29 is 14.2 Å². The fourth-order valence-corrected chi connectivity index (χ4v) is 1.88. The molecular weight excluding hydrogens is 271 g/mol. The Morgan fingerprint density at radius 3 is 2.86 bits per heavy atom. The number of hydrogen-bond acceptors (Lipinski definition) is 4. The van der Waals surface area contributed by atoms with Gasteiger partial charge in [-0.05, 0) is 17.7 Å². The lowest BCUT2D eigenvalue weighted by Gasteiger charge is -2.21. The van der Waals surface area contributed by atoms with Crippen LogP contribution >= 0.6 is 0 Å². The van der Waals surface area contributed by atoms with Crippen LogP contribution in [0.4, 0.5) is 4.39 Å². The van der Waals surface area contributed by atoms with E-state index in [9.17, 15) is 4.39 Å². The number of hydrogen-bond donors (Lipinski definition) is 1. The Kier molecular flexibility index (Phi) is 8.08. The maximum absolute atomic E-state index is 13.3. The number of halogens is 1. The highest BCUT2D eigenvalue weighted by Gasteiger charge is 2.09. The quantitative estimate of drug-likeness (QED) is 0.774. The van der Waals surface area contributed by atoms with Crippen LogP contribution in [0.25, 0.3) is 0 Å². The highest BCUT2D eigenvalue weighted by molar-refractivity contribution is 5.41. The van der Waals surface area contributed by atoms with E-state index in [1.54, 1.807) is 13.2 Å². The number of nitriles is 1. The number of rotatable bonds is 7. The van der Waals surface area contributed by atoms with Crippen molar-refractivity contribution in [3.63, 3.8) is 0 Å². The van der Waals surface area contributed by atoms with Gasteiger partial charge in [-0.2, -0.15) is 5.26 Å². The summed E-state index contributed by atoms with van der Waals surface area (Å²) in [7, 11) is 1.62. The molecule has 0 saturated heterocycles. The predicted molar refractivity (Wildman–Crippen MR) is 77.7 cm³/mol. The summed E-state index contributed by atoms with van der Waals surface area (Å²) < 4.78 is 18.4. The van der Waals surface area contributed by atoms with E-state index in [0.29, 0.717) is 38.2 Å². The van der Waals surface area contributed by atoms with Gasteiger partial charge in [-0.25, -0.2) is 4.39 Å². The molecule has 4 nitrogen and oxygen atoms in total. The summed E-state index contributed by atoms with van der Waals surface area (Å²) >= 11 is 0. The molecule has 0 aliphatic carbocycles. The average Bonchev–Trinajstić information content (AvgIpc) is 2.49. The van der Waals surface area contributed by atoms with Gasteiger partial charge in [-0.15, -0.1) is 0 Å². The van der Waals surface area contributed by atoms with Crippen LogP contribution < -0.4 is 0 Å². The third-order valence-corrected chi connectivity index (χ3v) is 2.92. The predicted octanol–water partition coefficient (Wildman–Crippen LogP) is 1.53. The molecule has 0 radical (unpaired) electrons. The monoisotopic (exact) mass is 290 g/mol. The molecule has 112 valence electrons. The molecule has 0 atom stereocenters. The lowest BCUT2D eigenvalue weighted by molar-refractivity contribution is 0.145. The molecule has 0 aliphatic rings. The summed E-state index contributed by atoms with van der Waals surface area (Å²) in [6.45, 7) is 2.15. The average molecular weight is 290 g/mol. The van der Waals surface area contributed by atoms with Gasteiger partial charge in [0.25, 0.3) is 0 Å². The van der Waals surface area contributed by atoms with Crippen molar-refractivity contribution in [2.45, 2.75) is 13.0 Å². The first-order chi connectivity index (χ1) is 10.2. The second-order valence-electron chi connectivity index (χ2n) is 4.44. The van der Waals surface area contributed by atoms with Crippen LogP contribution in [0.3, 0.4) is 0 Å². The van der Waals surface area contributed by atoms with E-state index in [4.69, 9.17) is 15.1 Å². The van der Waals surface area contributed by atoms with E-state index in [2.05, 4.69) is 22.8 Å². The Hall–Kier alpha value is -1.92. The van der Waals surface area contributed by atoms with Crippen molar-refractivity contribution in [1.29, 1.82) is 5.26 Å². The van der Waals surface area contributed by atoms with E-state index >= 15 is 0 Å². The fourth-order valence-electron chi connectivity index (χ4n) is 1.88. The zero-order chi connectivity index (χ0) is 15.5. The first-order valence-electron chi connectivity index (χ1n) is 6.67. The first kappa shape index (κ1) is 17.1. The summed E-state index contributed by atoms with van der Waals surface area (Å²) in [4.78, 5) is 2.06. The SMILES string of the molecule is COCCN(CCC#N)Cc1ccc(F)cc1C#CCO. The topological polar surface area (TPSA) is 56.5 Å². The maximum Gasteiger partial charge on any atom is 0.124 e. The molecule has 0 fully saturated rings. The van der Waals surface area contributed by atoms with Crippen molar-refractivity contribution in [3.05, 3.63) is 35.1 Å². The minimum Gasteiger partial charge on any atom is -0.384 e. The molecule has 5 heteroatoms. The Morgan fingerprint density at radius 2 is 2.19 bits per heavy atom.